The summed E-state index contributed by atoms with van der Waals surface area (Å²) in [5, 5.41) is 9.80. The molecule has 15 heavy (non-hydrogen) atoms. The summed E-state index contributed by atoms with van der Waals surface area (Å²) in [5.41, 5.74) is 0.750. The summed E-state index contributed by atoms with van der Waals surface area (Å²) in [6.07, 6.45) is -0.624. The SMILES string of the molecule is CN(C)C(=O)CC(O)c1cccc(Br)c1. The third-order valence-corrected chi connectivity index (χ3v) is 2.59. The van der Waals surface area contributed by atoms with E-state index in [4.69, 9.17) is 0 Å². The zero-order valence-electron chi connectivity index (χ0n) is 8.77. The molecule has 82 valence electrons. The summed E-state index contributed by atoms with van der Waals surface area (Å²) < 4.78 is 0.899. The maximum Gasteiger partial charge on any atom is 0.225 e. The van der Waals surface area contributed by atoms with Crippen molar-refractivity contribution in [1.29, 1.82) is 0 Å². The highest BCUT2D eigenvalue weighted by atomic mass is 79.9. The third kappa shape index (κ3) is 3.64. The molecule has 0 spiro atoms. The number of benzene rings is 1. The number of aliphatic hydroxyl groups excluding tert-OH is 1. The molecule has 0 bridgehead atoms. The number of aliphatic hydroxyl groups is 1. The first kappa shape index (κ1) is 12.2. The molecule has 1 amide bonds. The van der Waals surface area contributed by atoms with Crippen LogP contribution in [0.3, 0.4) is 0 Å². The van der Waals surface area contributed by atoms with Gasteiger partial charge in [0, 0.05) is 18.6 Å². The van der Waals surface area contributed by atoms with Crippen molar-refractivity contribution in [3.8, 4) is 0 Å². The van der Waals surface area contributed by atoms with Crippen LogP contribution in [-0.4, -0.2) is 30.0 Å². The number of carbonyl (C=O) groups is 1. The highest BCUT2D eigenvalue weighted by molar-refractivity contribution is 9.10. The maximum atomic E-state index is 11.4. The van der Waals surface area contributed by atoms with Crippen LogP contribution >= 0.6 is 15.9 Å². The van der Waals surface area contributed by atoms with Crippen LogP contribution in [0, 0.1) is 0 Å². The highest BCUT2D eigenvalue weighted by Crippen LogP contribution is 2.20. The van der Waals surface area contributed by atoms with E-state index >= 15 is 0 Å². The lowest BCUT2D eigenvalue weighted by Gasteiger charge is -2.14. The monoisotopic (exact) mass is 271 g/mol. The topological polar surface area (TPSA) is 40.5 Å². The molecule has 0 radical (unpaired) electrons. The average Bonchev–Trinajstić information content (AvgIpc) is 2.17. The minimum absolute atomic E-state index is 0.0810. The molecule has 0 heterocycles. The van der Waals surface area contributed by atoms with Crippen molar-refractivity contribution in [2.24, 2.45) is 0 Å². The van der Waals surface area contributed by atoms with Gasteiger partial charge < -0.3 is 10.0 Å². The lowest BCUT2D eigenvalue weighted by molar-refractivity contribution is -0.130. The first-order valence-corrected chi connectivity index (χ1v) is 5.43. The van der Waals surface area contributed by atoms with Gasteiger partial charge in [-0.25, -0.2) is 0 Å². The molecular weight excluding hydrogens is 258 g/mol. The van der Waals surface area contributed by atoms with E-state index in [-0.39, 0.29) is 12.3 Å². The number of nitrogens with zero attached hydrogens (tertiary/aromatic N) is 1. The molecule has 0 saturated carbocycles. The van der Waals surface area contributed by atoms with E-state index in [1.807, 2.05) is 18.2 Å². The number of hydrogen-bond donors (Lipinski definition) is 1. The molecule has 0 aliphatic rings. The van der Waals surface area contributed by atoms with Crippen molar-refractivity contribution in [3.63, 3.8) is 0 Å². The van der Waals surface area contributed by atoms with Gasteiger partial charge in [-0.05, 0) is 17.7 Å². The summed E-state index contributed by atoms with van der Waals surface area (Å²) in [6.45, 7) is 0. The Hall–Kier alpha value is -0.870. The zero-order chi connectivity index (χ0) is 11.4. The molecule has 0 aliphatic carbocycles. The predicted octanol–water partition coefficient (Wildman–Crippen LogP) is 1.96. The molecule has 0 aliphatic heterocycles. The summed E-state index contributed by atoms with van der Waals surface area (Å²) in [4.78, 5) is 12.8. The number of rotatable bonds is 3. The van der Waals surface area contributed by atoms with Crippen LogP contribution in [0.4, 0.5) is 0 Å². The minimum Gasteiger partial charge on any atom is -0.388 e. The van der Waals surface area contributed by atoms with Crippen molar-refractivity contribution in [1.82, 2.24) is 4.90 Å². The van der Waals surface area contributed by atoms with E-state index in [0.717, 1.165) is 10.0 Å². The maximum absolute atomic E-state index is 11.4. The Labute approximate surface area is 97.8 Å². The van der Waals surface area contributed by atoms with Crippen molar-refractivity contribution in [3.05, 3.63) is 34.3 Å². The molecule has 0 fully saturated rings. The van der Waals surface area contributed by atoms with Crippen molar-refractivity contribution >= 4 is 21.8 Å². The van der Waals surface area contributed by atoms with E-state index in [2.05, 4.69) is 15.9 Å². The Kier molecular flexibility index (Phi) is 4.29. The Morgan fingerprint density at radius 2 is 2.20 bits per heavy atom. The minimum atomic E-state index is -0.739. The van der Waals surface area contributed by atoms with Gasteiger partial charge in [-0.2, -0.15) is 0 Å². The van der Waals surface area contributed by atoms with Crippen molar-refractivity contribution in [2.45, 2.75) is 12.5 Å². The summed E-state index contributed by atoms with van der Waals surface area (Å²) in [7, 11) is 3.35. The van der Waals surface area contributed by atoms with Crippen LogP contribution in [0.5, 0.6) is 0 Å². The Morgan fingerprint density at radius 1 is 1.53 bits per heavy atom. The third-order valence-electron chi connectivity index (χ3n) is 2.10. The van der Waals surface area contributed by atoms with Crippen LogP contribution in [0.25, 0.3) is 0 Å². The second-order valence-corrected chi connectivity index (χ2v) is 4.48. The summed E-state index contributed by atoms with van der Waals surface area (Å²) in [6, 6.07) is 7.33. The highest BCUT2D eigenvalue weighted by Gasteiger charge is 2.14. The Bertz CT molecular complexity index is 352. The van der Waals surface area contributed by atoms with Gasteiger partial charge in [-0.1, -0.05) is 28.1 Å². The van der Waals surface area contributed by atoms with Crippen molar-refractivity contribution < 1.29 is 9.90 Å². The van der Waals surface area contributed by atoms with E-state index in [9.17, 15) is 9.90 Å². The van der Waals surface area contributed by atoms with E-state index in [1.165, 1.54) is 4.90 Å². The number of halogens is 1. The quantitative estimate of drug-likeness (QED) is 0.913. The summed E-state index contributed by atoms with van der Waals surface area (Å²) in [5.74, 6) is -0.0810. The van der Waals surface area contributed by atoms with Crippen LogP contribution in [-0.2, 0) is 4.79 Å². The normalized spacial score (nSPS) is 12.3. The van der Waals surface area contributed by atoms with E-state index < -0.39 is 6.10 Å². The van der Waals surface area contributed by atoms with Gasteiger partial charge in [0.25, 0.3) is 0 Å². The first-order valence-electron chi connectivity index (χ1n) is 4.64. The number of hydrogen-bond acceptors (Lipinski definition) is 2. The average molecular weight is 272 g/mol. The largest absolute Gasteiger partial charge is 0.388 e. The molecule has 0 aromatic heterocycles. The van der Waals surface area contributed by atoms with Crippen molar-refractivity contribution in [2.75, 3.05) is 14.1 Å². The fraction of sp³-hybridized carbons (Fsp3) is 0.364. The van der Waals surface area contributed by atoms with Crippen LogP contribution in [0.15, 0.2) is 28.7 Å². The molecular formula is C11H14BrNO2. The Morgan fingerprint density at radius 3 is 2.73 bits per heavy atom. The summed E-state index contributed by atoms with van der Waals surface area (Å²) >= 11 is 3.32. The molecule has 1 atom stereocenters. The fourth-order valence-electron chi connectivity index (χ4n) is 1.18. The molecule has 1 unspecified atom stereocenters. The molecule has 1 aromatic rings. The molecule has 4 heteroatoms. The number of amides is 1. The fourth-order valence-corrected chi connectivity index (χ4v) is 1.60. The smallest absolute Gasteiger partial charge is 0.225 e. The first-order chi connectivity index (χ1) is 7.00. The zero-order valence-corrected chi connectivity index (χ0v) is 10.4. The van der Waals surface area contributed by atoms with E-state index in [0.29, 0.717) is 0 Å². The molecule has 3 nitrogen and oxygen atoms in total. The molecule has 1 aromatic carbocycles. The number of carbonyl (C=O) groups excluding carboxylic acids is 1. The second-order valence-electron chi connectivity index (χ2n) is 3.56. The van der Waals surface area contributed by atoms with Gasteiger partial charge >= 0.3 is 0 Å². The van der Waals surface area contributed by atoms with Gasteiger partial charge in [0.05, 0.1) is 12.5 Å². The van der Waals surface area contributed by atoms with Gasteiger partial charge in [0.2, 0.25) is 5.91 Å². The molecule has 0 saturated heterocycles. The molecule has 1 rings (SSSR count). The van der Waals surface area contributed by atoms with Crippen LogP contribution in [0.2, 0.25) is 0 Å². The predicted molar refractivity (Wildman–Crippen MR) is 62.4 cm³/mol. The van der Waals surface area contributed by atoms with Crippen LogP contribution < -0.4 is 0 Å². The van der Waals surface area contributed by atoms with Gasteiger partial charge in [0.1, 0.15) is 0 Å². The Balaban J connectivity index is 2.69. The van der Waals surface area contributed by atoms with Gasteiger partial charge in [0.15, 0.2) is 0 Å². The second kappa shape index (κ2) is 5.28. The lowest BCUT2D eigenvalue weighted by atomic mass is 10.1. The van der Waals surface area contributed by atoms with E-state index in [1.54, 1.807) is 20.2 Å². The lowest BCUT2D eigenvalue weighted by Crippen LogP contribution is -2.23. The van der Waals surface area contributed by atoms with Gasteiger partial charge in [-0.3, -0.25) is 4.79 Å². The molecule has 1 N–H and O–H groups in total. The van der Waals surface area contributed by atoms with Gasteiger partial charge in [-0.15, -0.1) is 0 Å². The van der Waals surface area contributed by atoms with Crippen LogP contribution in [0.1, 0.15) is 18.1 Å². The standard InChI is InChI=1S/C11H14BrNO2/c1-13(2)11(15)7-10(14)8-4-3-5-9(12)6-8/h3-6,10,14H,7H2,1-2H3.